The maximum absolute atomic E-state index is 13.4. The van der Waals surface area contributed by atoms with Gasteiger partial charge >= 0.3 is 0 Å². The molecule has 0 spiro atoms. The van der Waals surface area contributed by atoms with E-state index in [1.165, 1.54) is 23.1 Å². The van der Waals surface area contributed by atoms with E-state index in [0.717, 1.165) is 26.4 Å². The predicted molar refractivity (Wildman–Crippen MR) is 164 cm³/mol. The van der Waals surface area contributed by atoms with Crippen molar-refractivity contribution in [2.45, 2.75) is 24.0 Å². The van der Waals surface area contributed by atoms with Crippen molar-refractivity contribution in [3.8, 4) is 0 Å². The number of hydrogen-bond acceptors (Lipinski definition) is 7. The van der Waals surface area contributed by atoms with Crippen LogP contribution in [-0.2, 0) is 9.59 Å². The van der Waals surface area contributed by atoms with Gasteiger partial charge in [-0.25, -0.2) is 0 Å². The first-order valence-electron chi connectivity index (χ1n) is 12.7. The molecule has 0 aliphatic heterocycles. The number of benzene rings is 3. The Morgan fingerprint density at radius 1 is 0.927 bits per heavy atom. The zero-order chi connectivity index (χ0) is 28.8. The fourth-order valence-electron chi connectivity index (χ4n) is 3.94. The summed E-state index contributed by atoms with van der Waals surface area (Å²) in [5.74, 6) is -1.04. The van der Waals surface area contributed by atoms with Crippen LogP contribution in [0.3, 0.4) is 0 Å². The zero-order valence-electron chi connectivity index (χ0n) is 22.2. The van der Waals surface area contributed by atoms with Gasteiger partial charge in [0.25, 0.3) is 11.8 Å². The number of fused-ring (bicyclic) bond motifs is 1. The number of carbonyl (C=O) groups excluding carboxylic acids is 3. The summed E-state index contributed by atoms with van der Waals surface area (Å²) >= 11 is 2.70. The maximum atomic E-state index is 13.4. The molecule has 3 amide bonds. The number of carbonyl (C=O) groups is 3. The van der Waals surface area contributed by atoms with Gasteiger partial charge in [0.2, 0.25) is 11.0 Å². The van der Waals surface area contributed by atoms with Gasteiger partial charge in [-0.05, 0) is 62.4 Å². The molecule has 0 saturated carbocycles. The Labute approximate surface area is 244 Å². The van der Waals surface area contributed by atoms with E-state index in [4.69, 9.17) is 0 Å². The Morgan fingerprint density at radius 3 is 2.39 bits per heavy atom. The van der Waals surface area contributed by atoms with Crippen LogP contribution in [0.2, 0.25) is 0 Å². The standard InChI is InChI=1S/C30H26N6O3S2/c1-18(27(37)34-30-36-35-19(2)41-30)40-23-14-12-22(13-15-23)32-29(39)26(33-28(38)20-8-4-3-5-9-20)16-21-17-31-25-11-7-6-10-24(21)25/h3-18,31H,1-2H3,(H,32,39)(H,33,38)(H,34,36,37)/b26-16+/t18-/m0/s1. The molecule has 3 aromatic carbocycles. The number of nitrogens with one attached hydrogen (secondary N) is 4. The Hall–Kier alpha value is -4.74. The molecule has 0 bridgehead atoms. The van der Waals surface area contributed by atoms with Crippen molar-refractivity contribution < 1.29 is 14.4 Å². The van der Waals surface area contributed by atoms with E-state index in [0.29, 0.717) is 16.4 Å². The molecule has 5 aromatic rings. The topological polar surface area (TPSA) is 129 Å². The lowest BCUT2D eigenvalue weighted by Gasteiger charge is -2.13. The number of anilines is 2. The molecule has 1 atom stereocenters. The monoisotopic (exact) mass is 582 g/mol. The molecule has 206 valence electrons. The summed E-state index contributed by atoms with van der Waals surface area (Å²) in [5.41, 5.74) is 2.76. The molecule has 0 saturated heterocycles. The fraction of sp³-hybridized carbons (Fsp3) is 0.100. The van der Waals surface area contributed by atoms with E-state index >= 15 is 0 Å². The first kappa shape index (κ1) is 27.8. The molecule has 4 N–H and O–H groups in total. The third-order valence-electron chi connectivity index (χ3n) is 6.00. The first-order valence-corrected chi connectivity index (χ1v) is 14.4. The van der Waals surface area contributed by atoms with Gasteiger partial charge in [-0.3, -0.25) is 19.7 Å². The van der Waals surface area contributed by atoms with Crippen LogP contribution >= 0.6 is 23.1 Å². The van der Waals surface area contributed by atoms with Crippen LogP contribution < -0.4 is 16.0 Å². The van der Waals surface area contributed by atoms with Gasteiger partial charge in [-0.1, -0.05) is 47.7 Å². The minimum absolute atomic E-state index is 0.0965. The summed E-state index contributed by atoms with van der Waals surface area (Å²) < 4.78 is 0. The van der Waals surface area contributed by atoms with Crippen molar-refractivity contribution in [3.05, 3.63) is 107 Å². The van der Waals surface area contributed by atoms with Crippen LogP contribution in [0.4, 0.5) is 10.8 Å². The highest BCUT2D eigenvalue weighted by Crippen LogP contribution is 2.27. The first-order chi connectivity index (χ1) is 19.9. The highest BCUT2D eigenvalue weighted by Gasteiger charge is 2.18. The zero-order valence-corrected chi connectivity index (χ0v) is 23.8. The molecule has 0 fully saturated rings. The van der Waals surface area contributed by atoms with Gasteiger partial charge in [0.05, 0.1) is 5.25 Å². The molecule has 5 rings (SSSR count). The van der Waals surface area contributed by atoms with Crippen molar-refractivity contribution in [3.63, 3.8) is 0 Å². The van der Waals surface area contributed by atoms with E-state index in [2.05, 4.69) is 31.1 Å². The fourth-order valence-corrected chi connectivity index (χ4v) is 5.40. The lowest BCUT2D eigenvalue weighted by atomic mass is 10.1. The largest absolute Gasteiger partial charge is 0.361 e. The normalized spacial score (nSPS) is 12.1. The second-order valence-corrected chi connectivity index (χ2v) is 11.6. The summed E-state index contributed by atoms with van der Waals surface area (Å²) in [5, 5.41) is 18.0. The molecule has 41 heavy (non-hydrogen) atoms. The van der Waals surface area contributed by atoms with E-state index in [-0.39, 0.29) is 16.9 Å². The van der Waals surface area contributed by atoms with Crippen LogP contribution in [0.1, 0.15) is 27.9 Å². The van der Waals surface area contributed by atoms with Crippen molar-refractivity contribution in [2.75, 3.05) is 10.6 Å². The highest BCUT2D eigenvalue weighted by molar-refractivity contribution is 8.00. The van der Waals surface area contributed by atoms with Gasteiger partial charge in [0.15, 0.2) is 0 Å². The summed E-state index contributed by atoms with van der Waals surface area (Å²) in [6.45, 7) is 3.63. The van der Waals surface area contributed by atoms with Crippen molar-refractivity contribution in [2.24, 2.45) is 0 Å². The predicted octanol–water partition coefficient (Wildman–Crippen LogP) is 5.86. The molecular formula is C30H26N6O3S2. The van der Waals surface area contributed by atoms with E-state index in [1.807, 2.05) is 49.4 Å². The molecule has 11 heteroatoms. The van der Waals surface area contributed by atoms with Crippen LogP contribution in [0, 0.1) is 6.92 Å². The molecule has 0 aliphatic rings. The number of hydrogen-bond donors (Lipinski definition) is 4. The SMILES string of the molecule is Cc1nnc(NC(=O)[C@H](C)Sc2ccc(NC(=O)/C(=C\c3c[nH]c4ccccc34)NC(=O)c3ccccc3)cc2)s1. The molecule has 2 heterocycles. The van der Waals surface area contributed by atoms with Crippen LogP contribution in [-0.4, -0.2) is 38.2 Å². The van der Waals surface area contributed by atoms with Gasteiger partial charge in [-0.15, -0.1) is 22.0 Å². The third-order valence-corrected chi connectivity index (χ3v) is 7.87. The Bertz CT molecular complexity index is 1730. The quantitative estimate of drug-likeness (QED) is 0.127. The second kappa shape index (κ2) is 12.6. The van der Waals surface area contributed by atoms with Crippen molar-refractivity contribution in [1.29, 1.82) is 0 Å². The lowest BCUT2D eigenvalue weighted by Crippen LogP contribution is -2.30. The third kappa shape index (κ3) is 7.07. The van der Waals surface area contributed by atoms with Crippen molar-refractivity contribution >= 4 is 68.6 Å². The van der Waals surface area contributed by atoms with Gasteiger partial charge in [0.1, 0.15) is 10.7 Å². The Balaban J connectivity index is 1.29. The van der Waals surface area contributed by atoms with Crippen molar-refractivity contribution in [1.82, 2.24) is 20.5 Å². The number of nitrogens with zero attached hydrogens (tertiary/aromatic N) is 2. The molecule has 0 radical (unpaired) electrons. The molecule has 0 aliphatic carbocycles. The number of para-hydroxylation sites is 1. The van der Waals surface area contributed by atoms with Crippen LogP contribution in [0.5, 0.6) is 0 Å². The molecule has 2 aromatic heterocycles. The van der Waals surface area contributed by atoms with E-state index < -0.39 is 11.8 Å². The average Bonchev–Trinajstić information content (AvgIpc) is 3.59. The maximum Gasteiger partial charge on any atom is 0.272 e. The molecule has 0 unspecified atom stereocenters. The smallest absolute Gasteiger partial charge is 0.272 e. The minimum atomic E-state index is -0.472. The van der Waals surface area contributed by atoms with Crippen LogP contribution in [0.25, 0.3) is 17.0 Å². The second-order valence-electron chi connectivity index (χ2n) is 9.02. The van der Waals surface area contributed by atoms with Gasteiger partial charge < -0.3 is 15.6 Å². The minimum Gasteiger partial charge on any atom is -0.361 e. The summed E-state index contributed by atoms with van der Waals surface area (Å²) in [4.78, 5) is 42.9. The number of aryl methyl sites for hydroxylation is 1. The van der Waals surface area contributed by atoms with E-state index in [1.54, 1.807) is 55.6 Å². The number of aromatic nitrogens is 3. The number of rotatable bonds is 9. The van der Waals surface area contributed by atoms with Gasteiger partial charge in [0, 0.05) is 38.8 Å². The number of H-pyrrole nitrogens is 1. The Kier molecular flexibility index (Phi) is 8.56. The number of thioether (sulfide) groups is 1. The molecule has 9 nitrogen and oxygen atoms in total. The van der Waals surface area contributed by atoms with E-state index in [9.17, 15) is 14.4 Å². The lowest BCUT2D eigenvalue weighted by molar-refractivity contribution is -0.115. The summed E-state index contributed by atoms with van der Waals surface area (Å²) in [6, 6.07) is 23.6. The van der Waals surface area contributed by atoms with Gasteiger partial charge in [-0.2, -0.15) is 0 Å². The number of amides is 3. The average molecular weight is 583 g/mol. The van der Waals surface area contributed by atoms with Crippen LogP contribution in [0.15, 0.2) is 95.7 Å². The number of aromatic amines is 1. The summed E-state index contributed by atoms with van der Waals surface area (Å²) in [6.07, 6.45) is 3.45. The highest BCUT2D eigenvalue weighted by atomic mass is 32.2. The summed E-state index contributed by atoms with van der Waals surface area (Å²) in [7, 11) is 0. The Morgan fingerprint density at radius 2 is 1.66 bits per heavy atom. The molecular weight excluding hydrogens is 557 g/mol.